The van der Waals surface area contributed by atoms with Crippen LogP contribution >= 0.6 is 0 Å². The monoisotopic (exact) mass is 448 g/mol. The number of fused-ring (bicyclic) bond motifs is 1. The van der Waals surface area contributed by atoms with E-state index in [-0.39, 0.29) is 16.9 Å². The van der Waals surface area contributed by atoms with Crippen molar-refractivity contribution in [1.29, 1.82) is 5.26 Å². The Morgan fingerprint density at radius 3 is 2.26 bits per heavy atom. The molecule has 164 valence electrons. The summed E-state index contributed by atoms with van der Waals surface area (Å²) in [5.41, 5.74) is 0.909. The van der Waals surface area contributed by atoms with Crippen molar-refractivity contribution in [3.63, 3.8) is 0 Å². The van der Waals surface area contributed by atoms with Gasteiger partial charge in [0.1, 0.15) is 11.6 Å². The standard InChI is InChI=1S/C28H17FN2O3/c29-23-8-4-3-7-22(23)25-24(26(32)20-12-11-18-5-1-2-6-19(18)15-20)27(33)28(34)31(25)21-13-9-17(16-30)10-14-21/h1-15,25,32H/b26-24+. The number of halogens is 1. The van der Waals surface area contributed by atoms with Crippen molar-refractivity contribution < 1.29 is 19.1 Å². The van der Waals surface area contributed by atoms with Crippen LogP contribution in [-0.4, -0.2) is 16.8 Å². The summed E-state index contributed by atoms with van der Waals surface area (Å²) in [6, 6.07) is 25.4. The van der Waals surface area contributed by atoms with E-state index >= 15 is 0 Å². The number of rotatable bonds is 3. The van der Waals surface area contributed by atoms with Crippen LogP contribution in [0.2, 0.25) is 0 Å². The second kappa shape index (κ2) is 8.30. The van der Waals surface area contributed by atoms with Crippen molar-refractivity contribution >= 4 is 33.9 Å². The average molecular weight is 448 g/mol. The zero-order chi connectivity index (χ0) is 23.8. The number of hydrogen-bond acceptors (Lipinski definition) is 4. The van der Waals surface area contributed by atoms with Crippen LogP contribution in [0, 0.1) is 17.1 Å². The highest BCUT2D eigenvalue weighted by Gasteiger charge is 2.47. The van der Waals surface area contributed by atoms with Gasteiger partial charge in [-0.1, -0.05) is 54.6 Å². The van der Waals surface area contributed by atoms with Gasteiger partial charge in [0, 0.05) is 16.8 Å². The smallest absolute Gasteiger partial charge is 0.300 e. The maximum atomic E-state index is 15.0. The number of Topliss-reactive ketones (excluding diaryl/α,β-unsaturated/α-hetero) is 1. The quantitative estimate of drug-likeness (QED) is 0.256. The molecule has 1 N–H and O–H groups in total. The number of ketones is 1. The predicted molar refractivity (Wildman–Crippen MR) is 126 cm³/mol. The Morgan fingerprint density at radius 2 is 1.56 bits per heavy atom. The topological polar surface area (TPSA) is 81.4 Å². The van der Waals surface area contributed by atoms with Gasteiger partial charge in [-0.3, -0.25) is 14.5 Å². The normalized spacial score (nSPS) is 17.2. The summed E-state index contributed by atoms with van der Waals surface area (Å²) in [5, 5.41) is 22.1. The average Bonchev–Trinajstić information content (AvgIpc) is 3.13. The lowest BCUT2D eigenvalue weighted by molar-refractivity contribution is -0.132. The highest BCUT2D eigenvalue weighted by atomic mass is 19.1. The number of aliphatic hydroxyl groups excluding tert-OH is 1. The first-order valence-corrected chi connectivity index (χ1v) is 10.5. The molecule has 0 spiro atoms. The number of aliphatic hydroxyl groups is 1. The summed E-state index contributed by atoms with van der Waals surface area (Å²) in [6.07, 6.45) is 0. The fraction of sp³-hybridized carbons (Fsp3) is 0.0357. The lowest BCUT2D eigenvalue weighted by Gasteiger charge is -2.25. The third-order valence-electron chi connectivity index (χ3n) is 5.94. The van der Waals surface area contributed by atoms with Gasteiger partial charge < -0.3 is 5.11 Å². The van der Waals surface area contributed by atoms with Crippen LogP contribution in [0.5, 0.6) is 0 Å². The third kappa shape index (κ3) is 3.40. The van der Waals surface area contributed by atoms with Crippen LogP contribution < -0.4 is 4.90 Å². The summed E-state index contributed by atoms with van der Waals surface area (Å²) in [6.45, 7) is 0. The second-order valence-corrected chi connectivity index (χ2v) is 7.91. The van der Waals surface area contributed by atoms with Crippen LogP contribution in [0.4, 0.5) is 10.1 Å². The summed E-state index contributed by atoms with van der Waals surface area (Å²) in [5.74, 6) is -2.80. The van der Waals surface area contributed by atoms with E-state index in [9.17, 15) is 19.1 Å². The van der Waals surface area contributed by atoms with Crippen molar-refractivity contribution in [2.75, 3.05) is 4.90 Å². The molecular weight excluding hydrogens is 431 g/mol. The van der Waals surface area contributed by atoms with Gasteiger partial charge in [0.05, 0.1) is 23.2 Å². The van der Waals surface area contributed by atoms with Crippen LogP contribution in [0.25, 0.3) is 16.5 Å². The van der Waals surface area contributed by atoms with Gasteiger partial charge >= 0.3 is 0 Å². The van der Waals surface area contributed by atoms with Gasteiger partial charge in [0.25, 0.3) is 11.7 Å². The van der Waals surface area contributed by atoms with Gasteiger partial charge in [0.15, 0.2) is 0 Å². The summed E-state index contributed by atoms with van der Waals surface area (Å²) < 4.78 is 15.0. The first-order valence-electron chi connectivity index (χ1n) is 10.5. The molecule has 5 rings (SSSR count). The molecule has 1 atom stereocenters. The number of anilines is 1. The minimum Gasteiger partial charge on any atom is -0.507 e. The van der Waals surface area contributed by atoms with Crippen LogP contribution in [0.15, 0.2) is 96.6 Å². The maximum Gasteiger partial charge on any atom is 0.300 e. The predicted octanol–water partition coefficient (Wildman–Crippen LogP) is 5.48. The van der Waals surface area contributed by atoms with E-state index in [1.807, 2.05) is 30.3 Å². The molecule has 0 aliphatic carbocycles. The molecule has 1 aliphatic heterocycles. The lowest BCUT2D eigenvalue weighted by atomic mass is 9.94. The Labute approximate surface area is 194 Å². The minimum absolute atomic E-state index is 0.0772. The molecule has 0 radical (unpaired) electrons. The summed E-state index contributed by atoms with van der Waals surface area (Å²) in [4.78, 5) is 27.5. The molecule has 1 unspecified atom stereocenters. The Balaban J connectivity index is 1.74. The fourth-order valence-electron chi connectivity index (χ4n) is 4.28. The first kappa shape index (κ1) is 21.1. The molecule has 0 saturated carbocycles. The zero-order valence-electron chi connectivity index (χ0n) is 17.8. The van der Waals surface area contributed by atoms with E-state index in [1.165, 1.54) is 42.5 Å². The van der Waals surface area contributed by atoms with Gasteiger partial charge in [-0.25, -0.2) is 4.39 Å². The summed E-state index contributed by atoms with van der Waals surface area (Å²) in [7, 11) is 0. The Morgan fingerprint density at radius 1 is 0.882 bits per heavy atom. The van der Waals surface area contributed by atoms with E-state index in [0.29, 0.717) is 16.8 Å². The van der Waals surface area contributed by atoms with Crippen LogP contribution in [0.3, 0.4) is 0 Å². The first-order chi connectivity index (χ1) is 16.5. The SMILES string of the molecule is N#Cc1ccc(N2C(=O)C(=O)/C(=C(/O)c3ccc4ccccc4c3)C2c2ccccc2F)cc1. The highest BCUT2D eigenvalue weighted by Crippen LogP contribution is 2.43. The molecule has 5 nitrogen and oxygen atoms in total. The van der Waals surface area contributed by atoms with E-state index < -0.39 is 23.5 Å². The van der Waals surface area contributed by atoms with Gasteiger partial charge in [-0.05, 0) is 47.2 Å². The number of benzene rings is 4. The van der Waals surface area contributed by atoms with Crippen molar-refractivity contribution in [2.45, 2.75) is 6.04 Å². The largest absolute Gasteiger partial charge is 0.507 e. The number of carbonyl (C=O) groups is 2. The molecule has 4 aromatic carbocycles. The highest BCUT2D eigenvalue weighted by molar-refractivity contribution is 6.51. The Hall–Kier alpha value is -4.76. The molecule has 1 fully saturated rings. The van der Waals surface area contributed by atoms with Gasteiger partial charge in [0.2, 0.25) is 0 Å². The maximum absolute atomic E-state index is 15.0. The van der Waals surface area contributed by atoms with E-state index in [2.05, 4.69) is 0 Å². The fourth-order valence-corrected chi connectivity index (χ4v) is 4.28. The van der Waals surface area contributed by atoms with E-state index in [4.69, 9.17) is 5.26 Å². The molecular formula is C28H17FN2O3. The van der Waals surface area contributed by atoms with Crippen LogP contribution in [-0.2, 0) is 9.59 Å². The molecule has 6 heteroatoms. The van der Waals surface area contributed by atoms with E-state index in [1.54, 1.807) is 24.3 Å². The second-order valence-electron chi connectivity index (χ2n) is 7.91. The minimum atomic E-state index is -1.18. The molecule has 1 heterocycles. The molecule has 0 aromatic heterocycles. The van der Waals surface area contributed by atoms with Crippen molar-refractivity contribution in [1.82, 2.24) is 0 Å². The zero-order valence-corrected chi connectivity index (χ0v) is 17.8. The molecule has 1 aliphatic rings. The Kier molecular flexibility index (Phi) is 5.15. The number of nitriles is 1. The molecule has 1 amide bonds. The van der Waals surface area contributed by atoms with Gasteiger partial charge in [-0.15, -0.1) is 0 Å². The number of nitrogens with zero attached hydrogens (tertiary/aromatic N) is 2. The summed E-state index contributed by atoms with van der Waals surface area (Å²) >= 11 is 0. The van der Waals surface area contributed by atoms with Crippen molar-refractivity contribution in [2.24, 2.45) is 0 Å². The van der Waals surface area contributed by atoms with Crippen LogP contribution in [0.1, 0.15) is 22.7 Å². The number of carbonyl (C=O) groups excluding carboxylic acids is 2. The number of hydrogen-bond donors (Lipinski definition) is 1. The van der Waals surface area contributed by atoms with Crippen molar-refractivity contribution in [3.8, 4) is 6.07 Å². The molecule has 1 saturated heterocycles. The van der Waals surface area contributed by atoms with Crippen molar-refractivity contribution in [3.05, 3.63) is 119 Å². The van der Waals surface area contributed by atoms with Gasteiger partial charge in [-0.2, -0.15) is 5.26 Å². The molecule has 34 heavy (non-hydrogen) atoms. The molecule has 0 bridgehead atoms. The molecule has 4 aromatic rings. The third-order valence-corrected chi connectivity index (χ3v) is 5.94. The number of amides is 1. The van der Waals surface area contributed by atoms with E-state index in [0.717, 1.165) is 15.7 Å². The Bertz CT molecular complexity index is 1530. The lowest BCUT2D eigenvalue weighted by Crippen LogP contribution is -2.29.